The predicted molar refractivity (Wildman–Crippen MR) is 71.5 cm³/mol. The van der Waals surface area contributed by atoms with E-state index >= 15 is 0 Å². The smallest absolute Gasteiger partial charge is 0.0595 e. The van der Waals surface area contributed by atoms with Crippen molar-refractivity contribution in [1.82, 2.24) is 0 Å². The minimum Gasteiger partial charge on any atom is -0.0827 e. The number of rotatable bonds is 2. The quantitative estimate of drug-likeness (QED) is 0.646. The van der Waals surface area contributed by atoms with Crippen LogP contribution in [0.2, 0.25) is 10.0 Å². The molecule has 0 saturated heterocycles. The van der Waals surface area contributed by atoms with Crippen molar-refractivity contribution in [3.8, 4) is 0 Å². The molecule has 0 heterocycles. The third-order valence-electron chi connectivity index (χ3n) is 4.02. The Morgan fingerprint density at radius 1 is 1.06 bits per heavy atom. The molecule has 1 saturated carbocycles. The molecular weight excluding hydrogens is 239 g/mol. The Morgan fingerprint density at radius 3 is 2.31 bits per heavy atom. The third-order valence-corrected chi connectivity index (χ3v) is 4.76. The third kappa shape index (κ3) is 2.24. The van der Waals surface area contributed by atoms with Gasteiger partial charge in [0.2, 0.25) is 0 Å². The standard InChI is InChI=1S/C14H18Cl2/c1-2-14(8-4-3-5-9-14)11-6-7-12(15)13(16)10-11/h6-7,10H,2-5,8-9H2,1H3. The summed E-state index contributed by atoms with van der Waals surface area (Å²) in [5, 5.41) is 1.35. The van der Waals surface area contributed by atoms with Gasteiger partial charge in [0.05, 0.1) is 10.0 Å². The molecule has 1 aliphatic rings. The molecule has 1 aromatic rings. The second-order valence-corrected chi connectivity index (χ2v) is 5.64. The topological polar surface area (TPSA) is 0 Å². The zero-order valence-electron chi connectivity index (χ0n) is 9.73. The van der Waals surface area contributed by atoms with E-state index in [0.717, 1.165) is 0 Å². The van der Waals surface area contributed by atoms with Crippen LogP contribution in [0.1, 0.15) is 51.0 Å². The van der Waals surface area contributed by atoms with Crippen LogP contribution in [0.5, 0.6) is 0 Å². The average molecular weight is 257 g/mol. The molecule has 2 heteroatoms. The highest BCUT2D eigenvalue weighted by molar-refractivity contribution is 6.42. The van der Waals surface area contributed by atoms with E-state index in [0.29, 0.717) is 15.5 Å². The molecule has 0 aromatic heterocycles. The van der Waals surface area contributed by atoms with Gasteiger partial charge in [-0.3, -0.25) is 0 Å². The number of halogens is 2. The van der Waals surface area contributed by atoms with Crippen LogP contribution in [0.4, 0.5) is 0 Å². The van der Waals surface area contributed by atoms with Crippen molar-refractivity contribution in [2.24, 2.45) is 0 Å². The van der Waals surface area contributed by atoms with E-state index in [2.05, 4.69) is 19.1 Å². The largest absolute Gasteiger partial charge is 0.0827 e. The highest BCUT2D eigenvalue weighted by Crippen LogP contribution is 2.43. The lowest BCUT2D eigenvalue weighted by Crippen LogP contribution is -2.28. The second-order valence-electron chi connectivity index (χ2n) is 4.82. The van der Waals surface area contributed by atoms with E-state index in [9.17, 15) is 0 Å². The van der Waals surface area contributed by atoms with Gasteiger partial charge in [-0.1, -0.05) is 55.5 Å². The molecule has 0 amide bonds. The summed E-state index contributed by atoms with van der Waals surface area (Å²) in [6.07, 6.45) is 7.85. The Hall–Kier alpha value is -0.200. The summed E-state index contributed by atoms with van der Waals surface area (Å²) in [6, 6.07) is 6.16. The summed E-state index contributed by atoms with van der Waals surface area (Å²) >= 11 is 12.1. The first kappa shape index (κ1) is 12.3. The van der Waals surface area contributed by atoms with Crippen LogP contribution in [-0.4, -0.2) is 0 Å². The minimum atomic E-state index is 0.354. The molecule has 1 aliphatic carbocycles. The number of benzene rings is 1. The SMILES string of the molecule is CCC1(c2ccc(Cl)c(Cl)c2)CCCCC1. The molecule has 0 atom stereocenters. The van der Waals surface area contributed by atoms with Gasteiger partial charge in [-0.05, 0) is 42.4 Å². The molecule has 0 N–H and O–H groups in total. The second kappa shape index (κ2) is 4.98. The van der Waals surface area contributed by atoms with E-state index in [1.807, 2.05) is 6.07 Å². The summed E-state index contributed by atoms with van der Waals surface area (Å²) in [7, 11) is 0. The van der Waals surface area contributed by atoms with Crippen molar-refractivity contribution in [2.75, 3.05) is 0 Å². The Balaban J connectivity index is 2.35. The van der Waals surface area contributed by atoms with Gasteiger partial charge in [0.15, 0.2) is 0 Å². The molecule has 2 rings (SSSR count). The molecule has 1 fully saturated rings. The predicted octanol–water partition coefficient (Wildman–Crippen LogP) is 5.61. The Kier molecular flexibility index (Phi) is 3.81. The highest BCUT2D eigenvalue weighted by atomic mass is 35.5. The molecule has 0 aliphatic heterocycles. The molecule has 16 heavy (non-hydrogen) atoms. The maximum atomic E-state index is 6.12. The van der Waals surface area contributed by atoms with E-state index in [-0.39, 0.29) is 0 Å². The van der Waals surface area contributed by atoms with Crippen LogP contribution in [0.25, 0.3) is 0 Å². The molecule has 0 unspecified atom stereocenters. The van der Waals surface area contributed by atoms with Crippen LogP contribution < -0.4 is 0 Å². The summed E-state index contributed by atoms with van der Waals surface area (Å²) in [6.45, 7) is 2.29. The van der Waals surface area contributed by atoms with E-state index in [1.165, 1.54) is 44.1 Å². The van der Waals surface area contributed by atoms with Crippen LogP contribution in [0.15, 0.2) is 18.2 Å². The van der Waals surface area contributed by atoms with Crippen molar-refractivity contribution >= 4 is 23.2 Å². The Labute approximate surface area is 108 Å². The lowest BCUT2D eigenvalue weighted by atomic mass is 9.68. The van der Waals surface area contributed by atoms with Crippen molar-refractivity contribution in [3.05, 3.63) is 33.8 Å². The van der Waals surface area contributed by atoms with Crippen molar-refractivity contribution in [2.45, 2.75) is 50.9 Å². The molecular formula is C14H18Cl2. The zero-order valence-corrected chi connectivity index (χ0v) is 11.2. The van der Waals surface area contributed by atoms with Gasteiger partial charge in [0, 0.05) is 0 Å². The number of hydrogen-bond donors (Lipinski definition) is 0. The minimum absolute atomic E-state index is 0.354. The van der Waals surface area contributed by atoms with Gasteiger partial charge in [-0.15, -0.1) is 0 Å². The molecule has 88 valence electrons. The Morgan fingerprint density at radius 2 is 1.75 bits per heavy atom. The summed E-state index contributed by atoms with van der Waals surface area (Å²) in [5.74, 6) is 0. The fraction of sp³-hybridized carbons (Fsp3) is 0.571. The van der Waals surface area contributed by atoms with Gasteiger partial charge < -0.3 is 0 Å². The average Bonchev–Trinajstić information content (AvgIpc) is 2.33. The van der Waals surface area contributed by atoms with Crippen molar-refractivity contribution < 1.29 is 0 Å². The normalized spacial score (nSPS) is 19.7. The molecule has 0 nitrogen and oxygen atoms in total. The van der Waals surface area contributed by atoms with E-state index in [4.69, 9.17) is 23.2 Å². The Bertz CT molecular complexity index is 365. The van der Waals surface area contributed by atoms with Gasteiger partial charge in [-0.25, -0.2) is 0 Å². The lowest BCUT2D eigenvalue weighted by Gasteiger charge is -2.37. The van der Waals surface area contributed by atoms with Crippen LogP contribution in [0.3, 0.4) is 0 Å². The maximum absolute atomic E-state index is 6.12. The van der Waals surface area contributed by atoms with Gasteiger partial charge in [0.25, 0.3) is 0 Å². The number of hydrogen-bond acceptors (Lipinski definition) is 0. The fourth-order valence-electron chi connectivity index (χ4n) is 2.90. The molecule has 1 aromatic carbocycles. The molecule has 0 spiro atoms. The van der Waals surface area contributed by atoms with Crippen molar-refractivity contribution in [3.63, 3.8) is 0 Å². The van der Waals surface area contributed by atoms with E-state index in [1.54, 1.807) is 0 Å². The molecule has 0 radical (unpaired) electrons. The van der Waals surface area contributed by atoms with E-state index < -0.39 is 0 Å². The van der Waals surface area contributed by atoms with Gasteiger partial charge in [0.1, 0.15) is 0 Å². The summed E-state index contributed by atoms with van der Waals surface area (Å²) in [4.78, 5) is 0. The first-order valence-electron chi connectivity index (χ1n) is 6.13. The highest BCUT2D eigenvalue weighted by Gasteiger charge is 2.32. The maximum Gasteiger partial charge on any atom is 0.0595 e. The van der Waals surface area contributed by atoms with Crippen molar-refractivity contribution in [1.29, 1.82) is 0 Å². The van der Waals surface area contributed by atoms with Crippen LogP contribution >= 0.6 is 23.2 Å². The van der Waals surface area contributed by atoms with Gasteiger partial charge in [-0.2, -0.15) is 0 Å². The van der Waals surface area contributed by atoms with Crippen LogP contribution in [0, 0.1) is 0 Å². The monoisotopic (exact) mass is 256 g/mol. The lowest BCUT2D eigenvalue weighted by molar-refractivity contribution is 0.283. The molecule has 0 bridgehead atoms. The summed E-state index contributed by atoms with van der Waals surface area (Å²) in [5.41, 5.74) is 1.73. The van der Waals surface area contributed by atoms with Gasteiger partial charge >= 0.3 is 0 Å². The zero-order chi connectivity index (χ0) is 11.6. The summed E-state index contributed by atoms with van der Waals surface area (Å²) < 4.78 is 0. The fourth-order valence-corrected chi connectivity index (χ4v) is 3.20. The first-order valence-corrected chi connectivity index (χ1v) is 6.89. The van der Waals surface area contributed by atoms with Crippen LogP contribution in [-0.2, 0) is 5.41 Å². The first-order chi connectivity index (χ1) is 7.68.